The van der Waals surface area contributed by atoms with E-state index in [2.05, 4.69) is 17.0 Å². The van der Waals surface area contributed by atoms with Gasteiger partial charge in [0.15, 0.2) is 5.82 Å². The number of thiazole rings is 1. The predicted octanol–water partition coefficient (Wildman–Crippen LogP) is 5.41. The van der Waals surface area contributed by atoms with Gasteiger partial charge in [0.05, 0.1) is 23.9 Å². The van der Waals surface area contributed by atoms with Gasteiger partial charge < -0.3 is 9.47 Å². The summed E-state index contributed by atoms with van der Waals surface area (Å²) in [5.41, 5.74) is 4.02. The molecule has 200 valence electrons. The van der Waals surface area contributed by atoms with Crippen molar-refractivity contribution in [2.45, 2.75) is 19.8 Å². The van der Waals surface area contributed by atoms with Gasteiger partial charge in [0.25, 0.3) is 5.56 Å². The Hall–Kier alpha value is -4.76. The standard InChI is InChI=1S/C31H27N5O3S/c1-3-4-18-39-26-16-12-22(13-17-26)29-32-31-36(34-29)30(37)27(40-31)19-23-20-35(24-8-6-5-7-9-24)33-28(23)21-10-14-25(38-2)15-11-21/h5-17,19-20H,3-4,18H2,1-2H3/b27-19-. The third-order valence-corrected chi connectivity index (χ3v) is 7.43. The summed E-state index contributed by atoms with van der Waals surface area (Å²) in [7, 11) is 1.64. The number of aromatic nitrogens is 5. The van der Waals surface area contributed by atoms with Crippen molar-refractivity contribution < 1.29 is 9.47 Å². The molecule has 0 unspecified atom stereocenters. The Morgan fingerprint density at radius 3 is 2.33 bits per heavy atom. The summed E-state index contributed by atoms with van der Waals surface area (Å²) < 4.78 is 14.8. The number of hydrogen-bond acceptors (Lipinski definition) is 7. The van der Waals surface area contributed by atoms with Gasteiger partial charge in [-0.15, -0.1) is 5.10 Å². The number of hydrogen-bond donors (Lipinski definition) is 0. The van der Waals surface area contributed by atoms with Crippen LogP contribution in [0.5, 0.6) is 11.5 Å². The minimum Gasteiger partial charge on any atom is -0.497 e. The van der Waals surface area contributed by atoms with E-state index >= 15 is 0 Å². The molecule has 0 aliphatic rings. The molecule has 0 aliphatic heterocycles. The summed E-state index contributed by atoms with van der Waals surface area (Å²) in [4.78, 5) is 18.5. The quantitative estimate of drug-likeness (QED) is 0.225. The molecule has 40 heavy (non-hydrogen) atoms. The monoisotopic (exact) mass is 549 g/mol. The number of para-hydroxylation sites is 1. The zero-order valence-electron chi connectivity index (χ0n) is 22.2. The number of unbranched alkanes of at least 4 members (excludes halogenated alkanes) is 1. The molecule has 0 aliphatic carbocycles. The molecule has 0 saturated carbocycles. The fourth-order valence-electron chi connectivity index (χ4n) is 4.31. The third kappa shape index (κ3) is 5.11. The maximum absolute atomic E-state index is 13.4. The molecule has 0 amide bonds. The van der Waals surface area contributed by atoms with Crippen molar-refractivity contribution >= 4 is 22.4 Å². The zero-order chi connectivity index (χ0) is 27.5. The smallest absolute Gasteiger partial charge is 0.291 e. The predicted molar refractivity (Wildman–Crippen MR) is 157 cm³/mol. The molecule has 3 aromatic heterocycles. The Labute approximate surface area is 234 Å². The average Bonchev–Trinajstić information content (AvgIpc) is 3.69. The van der Waals surface area contributed by atoms with Crippen molar-refractivity contribution in [1.29, 1.82) is 0 Å². The van der Waals surface area contributed by atoms with Gasteiger partial charge in [-0.2, -0.15) is 14.6 Å². The highest BCUT2D eigenvalue weighted by Crippen LogP contribution is 2.27. The molecule has 0 atom stereocenters. The SMILES string of the molecule is CCCCOc1ccc(-c2nc3s/c(=C\c4cn(-c5ccccc5)nc4-c4ccc(OC)cc4)c(=O)n3n2)cc1. The first-order valence-electron chi connectivity index (χ1n) is 13.1. The molecule has 0 bridgehead atoms. The summed E-state index contributed by atoms with van der Waals surface area (Å²) in [5.74, 6) is 2.08. The minimum atomic E-state index is -0.216. The van der Waals surface area contributed by atoms with Crippen LogP contribution in [-0.4, -0.2) is 38.1 Å². The topological polar surface area (TPSA) is 83.5 Å². The molecular weight excluding hydrogens is 522 g/mol. The van der Waals surface area contributed by atoms with Crippen molar-refractivity contribution in [3.05, 3.63) is 106 Å². The number of nitrogens with zero attached hydrogens (tertiary/aromatic N) is 5. The molecule has 6 aromatic rings. The molecule has 0 N–H and O–H groups in total. The van der Waals surface area contributed by atoms with Crippen LogP contribution in [0.1, 0.15) is 25.3 Å². The van der Waals surface area contributed by atoms with Gasteiger partial charge in [-0.3, -0.25) is 4.79 Å². The van der Waals surface area contributed by atoms with Crippen molar-refractivity contribution in [1.82, 2.24) is 24.4 Å². The van der Waals surface area contributed by atoms with Gasteiger partial charge in [0, 0.05) is 22.9 Å². The first-order valence-corrected chi connectivity index (χ1v) is 13.9. The van der Waals surface area contributed by atoms with Crippen LogP contribution in [0.2, 0.25) is 0 Å². The van der Waals surface area contributed by atoms with E-state index in [9.17, 15) is 4.79 Å². The minimum absolute atomic E-state index is 0.216. The number of ether oxygens (including phenoxy) is 2. The summed E-state index contributed by atoms with van der Waals surface area (Å²) in [5, 5.41) is 9.37. The Morgan fingerprint density at radius 1 is 0.900 bits per heavy atom. The molecule has 9 heteroatoms. The molecule has 0 fully saturated rings. The highest BCUT2D eigenvalue weighted by atomic mass is 32.1. The largest absolute Gasteiger partial charge is 0.497 e. The number of benzene rings is 3. The Kier molecular flexibility index (Phi) is 7.11. The second kappa shape index (κ2) is 11.2. The second-order valence-corrected chi connectivity index (χ2v) is 10.2. The number of methoxy groups -OCH3 is 1. The zero-order valence-corrected chi connectivity index (χ0v) is 23.0. The second-order valence-electron chi connectivity index (χ2n) is 9.21. The first kappa shape index (κ1) is 25.5. The molecule has 3 aromatic carbocycles. The van der Waals surface area contributed by atoms with Crippen LogP contribution in [0.4, 0.5) is 0 Å². The van der Waals surface area contributed by atoms with Crippen LogP contribution in [-0.2, 0) is 0 Å². The van der Waals surface area contributed by atoms with E-state index in [0.717, 1.165) is 52.4 Å². The maximum atomic E-state index is 13.4. The highest BCUT2D eigenvalue weighted by molar-refractivity contribution is 7.15. The van der Waals surface area contributed by atoms with E-state index in [1.807, 2.05) is 95.8 Å². The van der Waals surface area contributed by atoms with E-state index in [0.29, 0.717) is 21.9 Å². The lowest BCUT2D eigenvalue weighted by molar-refractivity contribution is 0.309. The summed E-state index contributed by atoms with van der Waals surface area (Å²) in [6.45, 7) is 2.82. The van der Waals surface area contributed by atoms with E-state index in [1.54, 1.807) is 7.11 Å². The van der Waals surface area contributed by atoms with Crippen molar-refractivity contribution in [2.24, 2.45) is 0 Å². The molecule has 0 saturated heterocycles. The van der Waals surface area contributed by atoms with Crippen molar-refractivity contribution in [3.8, 4) is 39.8 Å². The van der Waals surface area contributed by atoms with Gasteiger partial charge in [-0.05, 0) is 73.2 Å². The van der Waals surface area contributed by atoms with Crippen LogP contribution in [0.25, 0.3) is 39.4 Å². The summed E-state index contributed by atoms with van der Waals surface area (Å²) >= 11 is 1.31. The lowest BCUT2D eigenvalue weighted by atomic mass is 10.1. The highest BCUT2D eigenvalue weighted by Gasteiger charge is 2.15. The van der Waals surface area contributed by atoms with Crippen LogP contribution in [0, 0.1) is 0 Å². The lowest BCUT2D eigenvalue weighted by Crippen LogP contribution is -2.23. The van der Waals surface area contributed by atoms with E-state index in [1.165, 1.54) is 15.9 Å². The Morgan fingerprint density at radius 2 is 1.62 bits per heavy atom. The van der Waals surface area contributed by atoms with Gasteiger partial charge in [-0.1, -0.05) is 42.9 Å². The normalized spacial score (nSPS) is 11.8. The van der Waals surface area contributed by atoms with Crippen molar-refractivity contribution in [3.63, 3.8) is 0 Å². The molecular formula is C31H27N5O3S. The maximum Gasteiger partial charge on any atom is 0.291 e. The fourth-order valence-corrected chi connectivity index (χ4v) is 5.21. The molecule has 0 radical (unpaired) electrons. The summed E-state index contributed by atoms with van der Waals surface area (Å²) in [6, 6.07) is 25.2. The molecule has 3 heterocycles. The van der Waals surface area contributed by atoms with E-state index in [-0.39, 0.29) is 5.56 Å². The van der Waals surface area contributed by atoms with Crippen LogP contribution in [0.15, 0.2) is 89.9 Å². The van der Waals surface area contributed by atoms with Gasteiger partial charge in [0.1, 0.15) is 17.2 Å². The lowest BCUT2D eigenvalue weighted by Gasteiger charge is -2.05. The Bertz CT molecular complexity index is 1860. The van der Waals surface area contributed by atoms with Crippen LogP contribution < -0.4 is 19.6 Å². The van der Waals surface area contributed by atoms with Crippen molar-refractivity contribution in [2.75, 3.05) is 13.7 Å². The van der Waals surface area contributed by atoms with Gasteiger partial charge in [-0.25, -0.2) is 4.68 Å². The average molecular weight is 550 g/mol. The first-order chi connectivity index (χ1) is 19.6. The molecule has 6 rings (SSSR count). The van der Waals surface area contributed by atoms with E-state index < -0.39 is 0 Å². The number of fused-ring (bicyclic) bond motifs is 1. The van der Waals surface area contributed by atoms with Crippen LogP contribution in [0.3, 0.4) is 0 Å². The van der Waals surface area contributed by atoms with Gasteiger partial charge in [0.2, 0.25) is 4.96 Å². The number of rotatable bonds is 9. The Balaban J connectivity index is 1.36. The summed E-state index contributed by atoms with van der Waals surface area (Å²) in [6.07, 6.45) is 5.89. The molecule has 8 nitrogen and oxygen atoms in total. The molecule has 0 spiro atoms. The van der Waals surface area contributed by atoms with Gasteiger partial charge >= 0.3 is 0 Å². The van der Waals surface area contributed by atoms with Crippen LogP contribution >= 0.6 is 11.3 Å². The third-order valence-electron chi connectivity index (χ3n) is 6.47. The fraction of sp³-hybridized carbons (Fsp3) is 0.161. The van der Waals surface area contributed by atoms with E-state index in [4.69, 9.17) is 14.6 Å².